The Kier molecular flexibility index (Phi) is 9.60. The predicted molar refractivity (Wildman–Crippen MR) is 135 cm³/mol. The molecule has 0 amide bonds. The molecule has 3 rings (SSSR count). The summed E-state index contributed by atoms with van der Waals surface area (Å²) in [4.78, 5) is 4.55. The number of thiocarbonyl (C=S) groups is 1. The van der Waals surface area contributed by atoms with E-state index < -0.39 is 0 Å². The first-order chi connectivity index (χ1) is 15.6. The third kappa shape index (κ3) is 8.02. The number of furan rings is 1. The van der Waals surface area contributed by atoms with Gasteiger partial charge in [0, 0.05) is 12.2 Å². The van der Waals surface area contributed by atoms with Crippen molar-refractivity contribution in [3.05, 3.63) is 78.8 Å². The molecule has 0 aliphatic heterocycles. The van der Waals surface area contributed by atoms with Gasteiger partial charge < -0.3 is 24.3 Å². The maximum atomic E-state index is 5.87. The van der Waals surface area contributed by atoms with Crippen LogP contribution in [-0.2, 0) is 6.54 Å². The number of hydrogen-bond donors (Lipinski definition) is 1. The lowest BCUT2D eigenvalue weighted by Crippen LogP contribution is -2.36. The second-order valence-corrected chi connectivity index (χ2v) is 8.27. The van der Waals surface area contributed by atoms with Crippen molar-refractivity contribution in [1.82, 2.24) is 9.80 Å². The minimum atomic E-state index is 0.646. The Labute approximate surface area is 197 Å². The van der Waals surface area contributed by atoms with Crippen molar-refractivity contribution >= 4 is 23.0 Å². The van der Waals surface area contributed by atoms with E-state index in [1.54, 1.807) is 6.26 Å². The molecule has 32 heavy (non-hydrogen) atoms. The first-order valence-corrected chi connectivity index (χ1v) is 11.6. The fraction of sp³-hybridized carbons (Fsp3) is 0.346. The molecule has 0 unspecified atom stereocenters. The van der Waals surface area contributed by atoms with E-state index >= 15 is 0 Å². The van der Waals surface area contributed by atoms with E-state index in [9.17, 15) is 0 Å². The highest BCUT2D eigenvalue weighted by Crippen LogP contribution is 2.23. The summed E-state index contributed by atoms with van der Waals surface area (Å²) in [6.45, 7) is 5.91. The summed E-state index contributed by atoms with van der Waals surface area (Å²) < 4.78 is 11.4. The van der Waals surface area contributed by atoms with E-state index in [4.69, 9.17) is 21.4 Å². The third-order valence-corrected chi connectivity index (χ3v) is 5.52. The van der Waals surface area contributed by atoms with Crippen molar-refractivity contribution in [2.75, 3.05) is 32.0 Å². The second-order valence-electron chi connectivity index (χ2n) is 7.88. The molecule has 6 heteroatoms. The van der Waals surface area contributed by atoms with Gasteiger partial charge in [-0.25, -0.2) is 0 Å². The van der Waals surface area contributed by atoms with Gasteiger partial charge in [-0.1, -0.05) is 31.5 Å². The Morgan fingerprint density at radius 3 is 2.31 bits per heavy atom. The average Bonchev–Trinajstić information content (AvgIpc) is 3.32. The minimum absolute atomic E-state index is 0.646. The molecule has 0 bridgehead atoms. The first-order valence-electron chi connectivity index (χ1n) is 11.2. The Bertz CT molecular complexity index is 914. The smallest absolute Gasteiger partial charge is 0.173 e. The van der Waals surface area contributed by atoms with Crippen LogP contribution in [0.3, 0.4) is 0 Å². The summed E-state index contributed by atoms with van der Waals surface area (Å²) in [6.07, 6.45) is 5.19. The second kappa shape index (κ2) is 12.9. The minimum Gasteiger partial charge on any atom is -0.467 e. The van der Waals surface area contributed by atoms with E-state index in [0.29, 0.717) is 11.7 Å². The van der Waals surface area contributed by atoms with Crippen molar-refractivity contribution in [1.29, 1.82) is 0 Å². The van der Waals surface area contributed by atoms with Gasteiger partial charge in [0.2, 0.25) is 0 Å². The molecule has 2 aromatic carbocycles. The maximum absolute atomic E-state index is 5.87. The number of unbranched alkanes of at least 4 members (excludes halogenated alkanes) is 1. The van der Waals surface area contributed by atoms with Crippen molar-refractivity contribution in [3.63, 3.8) is 0 Å². The SMILES string of the molecule is CCCCN(C)CCCN(Cc1ccco1)C(=S)Nc1ccc(Oc2ccccc2)cc1. The lowest BCUT2D eigenvalue weighted by molar-refractivity contribution is 0.293. The van der Waals surface area contributed by atoms with Crippen LogP contribution in [0.2, 0.25) is 0 Å². The van der Waals surface area contributed by atoms with E-state index in [1.807, 2.05) is 66.7 Å². The molecule has 1 heterocycles. The molecule has 0 aliphatic carbocycles. The molecule has 0 atom stereocenters. The summed E-state index contributed by atoms with van der Waals surface area (Å²) in [5, 5.41) is 4.05. The predicted octanol–water partition coefficient (Wildman–Crippen LogP) is 6.39. The molecule has 0 fully saturated rings. The van der Waals surface area contributed by atoms with Gasteiger partial charge in [0.05, 0.1) is 12.8 Å². The lowest BCUT2D eigenvalue weighted by atomic mass is 10.3. The maximum Gasteiger partial charge on any atom is 0.173 e. The molecule has 0 aliphatic rings. The van der Waals surface area contributed by atoms with Crippen LogP contribution in [0.25, 0.3) is 0 Å². The van der Waals surface area contributed by atoms with Crippen LogP contribution in [0.1, 0.15) is 31.9 Å². The Morgan fingerprint density at radius 1 is 0.906 bits per heavy atom. The first kappa shape index (κ1) is 23.8. The van der Waals surface area contributed by atoms with Gasteiger partial charge in [-0.3, -0.25) is 0 Å². The molecule has 0 spiro atoms. The van der Waals surface area contributed by atoms with Gasteiger partial charge in [-0.2, -0.15) is 0 Å². The molecule has 1 N–H and O–H groups in total. The van der Waals surface area contributed by atoms with Gasteiger partial charge in [-0.05, 0) is 93.7 Å². The fourth-order valence-corrected chi connectivity index (χ4v) is 3.62. The largest absolute Gasteiger partial charge is 0.467 e. The van der Waals surface area contributed by atoms with E-state index in [0.717, 1.165) is 49.0 Å². The Morgan fingerprint density at radius 2 is 1.62 bits per heavy atom. The molecular formula is C26H33N3O2S. The monoisotopic (exact) mass is 451 g/mol. The summed E-state index contributed by atoms with van der Waals surface area (Å²) in [6, 6.07) is 21.5. The quantitative estimate of drug-likeness (QED) is 0.322. The molecule has 5 nitrogen and oxygen atoms in total. The molecule has 0 radical (unpaired) electrons. The van der Waals surface area contributed by atoms with Crippen molar-refractivity contribution < 1.29 is 9.15 Å². The van der Waals surface area contributed by atoms with Crippen LogP contribution in [0.4, 0.5) is 5.69 Å². The summed E-state index contributed by atoms with van der Waals surface area (Å²) in [7, 11) is 2.18. The molecule has 1 aromatic heterocycles. The number of para-hydroxylation sites is 1. The third-order valence-electron chi connectivity index (χ3n) is 5.16. The van der Waals surface area contributed by atoms with Gasteiger partial charge in [-0.15, -0.1) is 0 Å². The van der Waals surface area contributed by atoms with Crippen LogP contribution in [0.15, 0.2) is 77.4 Å². The number of ether oxygens (including phenoxy) is 1. The van der Waals surface area contributed by atoms with Crippen molar-refractivity contribution in [2.24, 2.45) is 0 Å². The zero-order chi connectivity index (χ0) is 22.6. The normalized spacial score (nSPS) is 10.8. The molecule has 0 saturated heterocycles. The zero-order valence-corrected chi connectivity index (χ0v) is 19.8. The number of benzene rings is 2. The highest BCUT2D eigenvalue weighted by molar-refractivity contribution is 7.80. The number of hydrogen-bond acceptors (Lipinski definition) is 4. The summed E-state index contributed by atoms with van der Waals surface area (Å²) in [5.41, 5.74) is 0.930. The van der Waals surface area contributed by atoms with Crippen LogP contribution in [0, 0.1) is 0 Å². The van der Waals surface area contributed by atoms with Gasteiger partial charge in [0.1, 0.15) is 17.3 Å². The number of nitrogens with zero attached hydrogens (tertiary/aromatic N) is 2. The molecule has 0 saturated carbocycles. The van der Waals surface area contributed by atoms with E-state index in [2.05, 4.69) is 29.1 Å². The topological polar surface area (TPSA) is 40.9 Å². The number of nitrogens with one attached hydrogen (secondary N) is 1. The fourth-order valence-electron chi connectivity index (χ4n) is 3.35. The molecule has 170 valence electrons. The van der Waals surface area contributed by atoms with Gasteiger partial charge in [0.15, 0.2) is 5.11 Å². The molecular weight excluding hydrogens is 418 g/mol. The molecule has 3 aromatic rings. The average molecular weight is 452 g/mol. The summed E-state index contributed by atoms with van der Waals surface area (Å²) in [5.74, 6) is 2.51. The lowest BCUT2D eigenvalue weighted by Gasteiger charge is -2.26. The Hall–Kier alpha value is -2.83. The van der Waals surface area contributed by atoms with E-state index in [-0.39, 0.29) is 0 Å². The van der Waals surface area contributed by atoms with Crippen LogP contribution < -0.4 is 10.1 Å². The van der Waals surface area contributed by atoms with Crippen LogP contribution in [-0.4, -0.2) is 41.6 Å². The van der Waals surface area contributed by atoms with Crippen LogP contribution >= 0.6 is 12.2 Å². The number of anilines is 1. The van der Waals surface area contributed by atoms with Gasteiger partial charge in [0.25, 0.3) is 0 Å². The van der Waals surface area contributed by atoms with E-state index in [1.165, 1.54) is 12.8 Å². The Balaban J connectivity index is 1.56. The van der Waals surface area contributed by atoms with Crippen molar-refractivity contribution in [3.8, 4) is 11.5 Å². The number of rotatable bonds is 12. The van der Waals surface area contributed by atoms with Crippen LogP contribution in [0.5, 0.6) is 11.5 Å². The standard InChI is InChI=1S/C26H33N3O2S/c1-3-4-17-28(2)18-9-19-29(21-25-12-8-20-30-25)26(32)27-22-13-15-24(16-14-22)31-23-10-6-5-7-11-23/h5-8,10-16,20H,3-4,9,17-19,21H2,1-2H3,(H,27,32). The highest BCUT2D eigenvalue weighted by Gasteiger charge is 2.13. The van der Waals surface area contributed by atoms with Crippen molar-refractivity contribution in [2.45, 2.75) is 32.7 Å². The summed E-state index contributed by atoms with van der Waals surface area (Å²) >= 11 is 5.75. The zero-order valence-electron chi connectivity index (χ0n) is 19.0. The van der Waals surface area contributed by atoms with Gasteiger partial charge >= 0.3 is 0 Å². The highest BCUT2D eigenvalue weighted by atomic mass is 32.1.